The molecule has 198 valence electrons. The van der Waals surface area contributed by atoms with E-state index in [0.29, 0.717) is 33.9 Å². The lowest BCUT2D eigenvalue weighted by molar-refractivity contribution is -0.130. The number of nitrogens with zero attached hydrogens (tertiary/aromatic N) is 2. The van der Waals surface area contributed by atoms with Gasteiger partial charge in [0, 0.05) is 29.2 Å². The Hall–Kier alpha value is -5.08. The van der Waals surface area contributed by atoms with Crippen molar-refractivity contribution in [1.29, 1.82) is 10.5 Å². The van der Waals surface area contributed by atoms with Crippen molar-refractivity contribution in [3.05, 3.63) is 101 Å². The number of fused-ring (bicyclic) bond motifs is 3. The molecule has 1 unspecified atom stereocenters. The summed E-state index contributed by atoms with van der Waals surface area (Å²) in [6, 6.07) is 25.8. The van der Waals surface area contributed by atoms with Crippen molar-refractivity contribution < 1.29 is 23.8 Å². The van der Waals surface area contributed by atoms with Gasteiger partial charge in [0.25, 0.3) is 0 Å². The number of hydrogen-bond donors (Lipinski definition) is 1. The molecule has 8 heteroatoms. The van der Waals surface area contributed by atoms with Gasteiger partial charge in [0.05, 0.1) is 38.4 Å². The Morgan fingerprint density at radius 3 is 2.12 bits per heavy atom. The highest BCUT2D eigenvalue weighted by molar-refractivity contribution is 6.17. The molecule has 0 saturated carbocycles. The number of hydrogen-bond acceptors (Lipinski definition) is 7. The van der Waals surface area contributed by atoms with Crippen LogP contribution in [0.5, 0.6) is 11.5 Å². The van der Waals surface area contributed by atoms with E-state index in [-0.39, 0.29) is 30.0 Å². The number of para-hydroxylation sites is 3. The van der Waals surface area contributed by atoms with E-state index in [1.165, 1.54) is 7.11 Å². The van der Waals surface area contributed by atoms with Crippen molar-refractivity contribution in [3.63, 3.8) is 0 Å². The standard InChI is InChI=1S/C32H25N3O5/c1-38-25-13-7-3-9-19(25)22-15-28-29(24(36)16-27(40-28)20-10-4-8-14-26(20)39-2)32(31(22,17-33)18-34)21-11-5-6-12-23(21)35-30(32)37/h3-14,22,27H,15-16H2,1-2H3,(H,35,37)/t22-,27+,32?/m1/s1. The van der Waals surface area contributed by atoms with Crippen LogP contribution >= 0.6 is 0 Å². The minimum Gasteiger partial charge on any atom is -0.496 e. The summed E-state index contributed by atoms with van der Waals surface area (Å²) in [7, 11) is 3.06. The van der Waals surface area contributed by atoms with E-state index < -0.39 is 28.8 Å². The molecule has 0 radical (unpaired) electrons. The Labute approximate surface area is 231 Å². The monoisotopic (exact) mass is 531 g/mol. The minimum absolute atomic E-state index is 0.0470. The molecule has 3 atom stereocenters. The summed E-state index contributed by atoms with van der Waals surface area (Å²) in [5, 5.41) is 24.7. The van der Waals surface area contributed by atoms with E-state index in [4.69, 9.17) is 14.2 Å². The molecule has 2 aliphatic heterocycles. The maximum atomic E-state index is 14.2. The van der Waals surface area contributed by atoms with E-state index in [1.54, 1.807) is 61.7 Å². The number of allylic oxidation sites excluding steroid dienone is 1. The Balaban J connectivity index is 1.67. The fraction of sp³-hybridized carbons (Fsp3) is 0.250. The summed E-state index contributed by atoms with van der Waals surface area (Å²) in [5.41, 5.74) is -1.72. The predicted octanol–water partition coefficient (Wildman–Crippen LogP) is 5.10. The van der Waals surface area contributed by atoms with Gasteiger partial charge in [-0.05, 0) is 23.8 Å². The third-order valence-corrected chi connectivity index (χ3v) is 8.36. The maximum absolute atomic E-state index is 14.2. The summed E-state index contributed by atoms with van der Waals surface area (Å²) in [5.74, 6) is -0.483. The molecule has 1 amide bonds. The smallest absolute Gasteiger partial charge is 0.242 e. The van der Waals surface area contributed by atoms with Crippen molar-refractivity contribution in [3.8, 4) is 23.6 Å². The summed E-state index contributed by atoms with van der Waals surface area (Å²) >= 11 is 0. The molecule has 2 heterocycles. The average molecular weight is 532 g/mol. The first kappa shape index (κ1) is 25.2. The molecule has 1 N–H and O–H groups in total. The van der Waals surface area contributed by atoms with Crippen LogP contribution in [0.2, 0.25) is 0 Å². The number of anilines is 1. The number of nitriles is 2. The van der Waals surface area contributed by atoms with Crippen LogP contribution in [-0.4, -0.2) is 25.9 Å². The van der Waals surface area contributed by atoms with Crippen molar-refractivity contribution in [2.24, 2.45) is 5.41 Å². The highest BCUT2D eigenvalue weighted by Crippen LogP contribution is 2.66. The Bertz CT molecular complexity index is 1670. The van der Waals surface area contributed by atoms with Crippen molar-refractivity contribution in [2.45, 2.75) is 30.3 Å². The molecule has 0 bridgehead atoms. The number of carbonyl (C=O) groups excluding carboxylic acids is 2. The van der Waals surface area contributed by atoms with Crippen molar-refractivity contribution in [2.75, 3.05) is 19.5 Å². The second-order valence-corrected chi connectivity index (χ2v) is 10.1. The van der Waals surface area contributed by atoms with Crippen LogP contribution < -0.4 is 14.8 Å². The van der Waals surface area contributed by atoms with E-state index in [1.807, 2.05) is 18.2 Å². The molecular formula is C32H25N3O5. The zero-order chi connectivity index (χ0) is 28.1. The molecular weight excluding hydrogens is 506 g/mol. The lowest BCUT2D eigenvalue weighted by Gasteiger charge is -2.49. The zero-order valence-corrected chi connectivity index (χ0v) is 21.9. The lowest BCUT2D eigenvalue weighted by atomic mass is 9.47. The molecule has 3 aromatic carbocycles. The summed E-state index contributed by atoms with van der Waals surface area (Å²) < 4.78 is 17.8. The van der Waals surface area contributed by atoms with E-state index in [9.17, 15) is 20.1 Å². The maximum Gasteiger partial charge on any atom is 0.242 e. The SMILES string of the molecule is COc1ccccc1[C@@H]1CC(=O)C2=C(C[C@H](c3ccccc3OC)C(C#N)(C#N)C23C(=O)Nc2ccccc23)O1. The molecule has 3 aromatic rings. The fourth-order valence-corrected chi connectivity index (χ4v) is 6.71. The highest BCUT2D eigenvalue weighted by Gasteiger charge is 2.72. The number of Topliss-reactive ketones (excluding diaryl/α,β-unsaturated/α-hetero) is 1. The second-order valence-electron chi connectivity index (χ2n) is 10.1. The molecule has 0 fully saturated rings. The molecule has 6 rings (SSSR count). The molecule has 1 spiro atoms. The first-order valence-corrected chi connectivity index (χ1v) is 12.9. The number of amides is 1. The fourth-order valence-electron chi connectivity index (χ4n) is 6.71. The first-order chi connectivity index (χ1) is 19.5. The van der Waals surface area contributed by atoms with Gasteiger partial charge in [-0.15, -0.1) is 0 Å². The summed E-state index contributed by atoms with van der Waals surface area (Å²) in [4.78, 5) is 28.4. The Morgan fingerprint density at radius 1 is 0.850 bits per heavy atom. The van der Waals surface area contributed by atoms with Crippen LogP contribution in [0.1, 0.15) is 41.6 Å². The number of ether oxygens (including phenoxy) is 3. The van der Waals surface area contributed by atoms with Gasteiger partial charge in [0.1, 0.15) is 28.8 Å². The molecule has 8 nitrogen and oxygen atoms in total. The van der Waals surface area contributed by atoms with Crippen LogP contribution in [0.4, 0.5) is 5.69 Å². The summed E-state index contributed by atoms with van der Waals surface area (Å²) in [6.07, 6.45) is -0.706. The number of nitrogens with one attached hydrogen (secondary N) is 1. The van der Waals surface area contributed by atoms with Crippen molar-refractivity contribution in [1.82, 2.24) is 0 Å². The number of benzene rings is 3. The molecule has 0 aromatic heterocycles. The number of carbonyl (C=O) groups is 2. The number of methoxy groups -OCH3 is 2. The molecule has 1 aliphatic carbocycles. The third-order valence-electron chi connectivity index (χ3n) is 8.36. The molecule has 3 aliphatic rings. The lowest BCUT2D eigenvalue weighted by Crippen LogP contribution is -2.58. The van der Waals surface area contributed by atoms with Crippen LogP contribution in [0.15, 0.2) is 84.1 Å². The summed E-state index contributed by atoms with van der Waals surface area (Å²) in [6.45, 7) is 0. The van der Waals surface area contributed by atoms with Gasteiger partial charge < -0.3 is 19.5 Å². The van der Waals surface area contributed by atoms with Gasteiger partial charge in [-0.25, -0.2) is 0 Å². The van der Waals surface area contributed by atoms with Gasteiger partial charge in [0.2, 0.25) is 5.91 Å². The average Bonchev–Trinajstić information content (AvgIpc) is 3.29. The largest absolute Gasteiger partial charge is 0.496 e. The molecule has 0 saturated heterocycles. The quantitative estimate of drug-likeness (QED) is 0.497. The predicted molar refractivity (Wildman–Crippen MR) is 144 cm³/mol. The van der Waals surface area contributed by atoms with Gasteiger partial charge in [-0.3, -0.25) is 9.59 Å². The topological polar surface area (TPSA) is 121 Å². The van der Waals surface area contributed by atoms with E-state index >= 15 is 0 Å². The van der Waals surface area contributed by atoms with Gasteiger partial charge in [-0.2, -0.15) is 10.5 Å². The second kappa shape index (κ2) is 9.29. The third kappa shape index (κ3) is 3.17. The Kier molecular flexibility index (Phi) is 5.85. The number of rotatable bonds is 4. The van der Waals surface area contributed by atoms with E-state index in [2.05, 4.69) is 17.5 Å². The highest BCUT2D eigenvalue weighted by atomic mass is 16.5. The zero-order valence-electron chi connectivity index (χ0n) is 21.9. The van der Waals surface area contributed by atoms with Gasteiger partial charge in [0.15, 0.2) is 11.2 Å². The van der Waals surface area contributed by atoms with Crippen LogP contribution in [0.3, 0.4) is 0 Å². The van der Waals surface area contributed by atoms with Crippen LogP contribution in [-0.2, 0) is 19.7 Å². The Morgan fingerprint density at radius 2 is 1.45 bits per heavy atom. The first-order valence-electron chi connectivity index (χ1n) is 12.9. The van der Waals surface area contributed by atoms with Gasteiger partial charge in [-0.1, -0.05) is 54.6 Å². The van der Waals surface area contributed by atoms with Crippen LogP contribution in [0, 0.1) is 28.1 Å². The minimum atomic E-state index is -1.99. The van der Waals surface area contributed by atoms with Gasteiger partial charge >= 0.3 is 0 Å². The van der Waals surface area contributed by atoms with Crippen LogP contribution in [0.25, 0.3) is 0 Å². The molecule has 40 heavy (non-hydrogen) atoms. The van der Waals surface area contributed by atoms with Crippen molar-refractivity contribution >= 4 is 17.4 Å². The normalized spacial score (nSPS) is 24.2. The number of ketones is 1. The van der Waals surface area contributed by atoms with E-state index in [0.717, 1.165) is 0 Å².